The van der Waals surface area contributed by atoms with E-state index in [-0.39, 0.29) is 5.91 Å². The van der Waals surface area contributed by atoms with Gasteiger partial charge in [-0.2, -0.15) is 0 Å². The molecule has 1 aromatic carbocycles. The van der Waals surface area contributed by atoms with Crippen LogP contribution in [0.25, 0.3) is 11.3 Å². The predicted molar refractivity (Wildman–Crippen MR) is 83.0 cm³/mol. The summed E-state index contributed by atoms with van der Waals surface area (Å²) in [5, 5.41) is 2.88. The Morgan fingerprint density at radius 1 is 1.05 bits per heavy atom. The topological polar surface area (TPSA) is 54.9 Å². The molecule has 3 rings (SSSR count). The highest BCUT2D eigenvalue weighted by Gasteiger charge is 2.15. The molecule has 1 N–H and O–H groups in total. The Kier molecular flexibility index (Phi) is 4.02. The molecule has 5 heteroatoms. The zero-order valence-corrected chi connectivity index (χ0v) is 12.0. The zero-order valence-electron chi connectivity index (χ0n) is 11.2. The summed E-state index contributed by atoms with van der Waals surface area (Å²) in [6.07, 6.45) is 1.71. The molecule has 0 unspecified atom stereocenters. The first kappa shape index (κ1) is 13.5. The van der Waals surface area contributed by atoms with E-state index < -0.39 is 0 Å². The average Bonchev–Trinajstić information content (AvgIpc) is 3.04. The lowest BCUT2D eigenvalue weighted by atomic mass is 10.1. The van der Waals surface area contributed by atoms with Crippen molar-refractivity contribution in [2.75, 3.05) is 0 Å². The highest BCUT2D eigenvalue weighted by Crippen LogP contribution is 2.25. The normalized spacial score (nSPS) is 10.3. The van der Waals surface area contributed by atoms with Crippen molar-refractivity contribution in [3.05, 3.63) is 70.8 Å². The van der Waals surface area contributed by atoms with Crippen molar-refractivity contribution in [3.63, 3.8) is 0 Å². The first-order valence-electron chi connectivity index (χ1n) is 6.51. The van der Waals surface area contributed by atoms with Gasteiger partial charge in [0.05, 0.1) is 23.4 Å². The average molecular weight is 295 g/mol. The summed E-state index contributed by atoms with van der Waals surface area (Å²) in [4.78, 5) is 21.4. The molecule has 3 aromatic rings. The molecule has 0 spiro atoms. The second-order valence-electron chi connectivity index (χ2n) is 4.40. The number of amides is 1. The van der Waals surface area contributed by atoms with Gasteiger partial charge in [0, 0.05) is 11.8 Å². The number of rotatable bonds is 4. The van der Waals surface area contributed by atoms with Gasteiger partial charge >= 0.3 is 0 Å². The van der Waals surface area contributed by atoms with Crippen LogP contribution in [0, 0.1) is 0 Å². The molecule has 0 aliphatic heterocycles. The molecule has 0 bridgehead atoms. The van der Waals surface area contributed by atoms with E-state index in [4.69, 9.17) is 0 Å². The molecule has 2 aromatic heterocycles. The van der Waals surface area contributed by atoms with Gasteiger partial charge in [-0.05, 0) is 12.1 Å². The van der Waals surface area contributed by atoms with Crippen LogP contribution >= 0.6 is 11.3 Å². The number of hydrogen-bond donors (Lipinski definition) is 1. The van der Waals surface area contributed by atoms with Crippen molar-refractivity contribution in [2.45, 2.75) is 6.54 Å². The van der Waals surface area contributed by atoms with Crippen LogP contribution in [0.1, 0.15) is 15.4 Å². The molecule has 0 atom stereocenters. The first-order valence-corrected chi connectivity index (χ1v) is 7.39. The smallest absolute Gasteiger partial charge is 0.263 e. The van der Waals surface area contributed by atoms with E-state index in [0.29, 0.717) is 11.4 Å². The van der Waals surface area contributed by atoms with Gasteiger partial charge in [0.2, 0.25) is 0 Å². The molecule has 1 amide bonds. The van der Waals surface area contributed by atoms with Gasteiger partial charge in [-0.15, -0.1) is 11.3 Å². The first-order chi connectivity index (χ1) is 10.3. The number of nitrogens with zero attached hydrogens (tertiary/aromatic N) is 2. The highest BCUT2D eigenvalue weighted by molar-refractivity contribution is 7.12. The van der Waals surface area contributed by atoms with E-state index in [1.165, 1.54) is 11.3 Å². The molecule has 0 aliphatic rings. The second kappa shape index (κ2) is 6.28. The lowest BCUT2D eigenvalue weighted by Gasteiger charge is -2.05. The molecule has 0 fully saturated rings. The largest absolute Gasteiger partial charge is 0.346 e. The Bertz CT molecular complexity index is 726. The Morgan fingerprint density at radius 2 is 1.86 bits per heavy atom. The molecular formula is C16H13N3OS. The number of benzene rings is 1. The third-order valence-electron chi connectivity index (χ3n) is 2.98. The van der Waals surface area contributed by atoms with Gasteiger partial charge in [-0.3, -0.25) is 9.78 Å². The Morgan fingerprint density at radius 3 is 2.62 bits per heavy atom. The molecule has 21 heavy (non-hydrogen) atoms. The number of pyridine rings is 1. The van der Waals surface area contributed by atoms with Crippen LogP contribution in [0.15, 0.2) is 60.2 Å². The minimum absolute atomic E-state index is 0.123. The molecule has 104 valence electrons. The van der Waals surface area contributed by atoms with Gasteiger partial charge in [-0.25, -0.2) is 4.98 Å². The van der Waals surface area contributed by atoms with Crippen molar-refractivity contribution in [1.29, 1.82) is 0 Å². The number of carbonyl (C=O) groups is 1. The zero-order chi connectivity index (χ0) is 14.5. The minimum atomic E-state index is -0.123. The van der Waals surface area contributed by atoms with Gasteiger partial charge in [0.25, 0.3) is 5.91 Å². The molecule has 0 radical (unpaired) electrons. The maximum Gasteiger partial charge on any atom is 0.263 e. The molecule has 0 saturated carbocycles. The van der Waals surface area contributed by atoms with E-state index in [9.17, 15) is 4.79 Å². The van der Waals surface area contributed by atoms with Crippen molar-refractivity contribution < 1.29 is 4.79 Å². The fourth-order valence-corrected chi connectivity index (χ4v) is 2.69. The van der Waals surface area contributed by atoms with Crippen molar-refractivity contribution in [2.24, 2.45) is 0 Å². The van der Waals surface area contributed by atoms with Crippen LogP contribution in [-0.4, -0.2) is 15.9 Å². The van der Waals surface area contributed by atoms with Crippen LogP contribution in [-0.2, 0) is 6.54 Å². The Balaban J connectivity index is 1.76. The number of nitrogens with one attached hydrogen (secondary N) is 1. The standard InChI is InChI=1S/C16H13N3OS/c20-16(18-10-13-8-4-5-9-17-13)15-14(19-11-21-15)12-6-2-1-3-7-12/h1-9,11H,10H2,(H,18,20). The number of thiazole rings is 1. The fourth-order valence-electron chi connectivity index (χ4n) is 1.96. The van der Waals surface area contributed by atoms with Gasteiger partial charge in [0.1, 0.15) is 4.88 Å². The van der Waals surface area contributed by atoms with Crippen molar-refractivity contribution in [1.82, 2.24) is 15.3 Å². The lowest BCUT2D eigenvalue weighted by Crippen LogP contribution is -2.22. The number of carbonyl (C=O) groups excluding carboxylic acids is 1. The fraction of sp³-hybridized carbons (Fsp3) is 0.0625. The van der Waals surface area contributed by atoms with E-state index in [0.717, 1.165) is 17.0 Å². The quantitative estimate of drug-likeness (QED) is 0.804. The summed E-state index contributed by atoms with van der Waals surface area (Å²) in [5.74, 6) is -0.123. The minimum Gasteiger partial charge on any atom is -0.346 e. The lowest BCUT2D eigenvalue weighted by molar-refractivity contribution is 0.0955. The summed E-state index contributed by atoms with van der Waals surface area (Å²) in [5.41, 5.74) is 4.19. The SMILES string of the molecule is O=C(NCc1ccccn1)c1scnc1-c1ccccc1. The van der Waals surface area contributed by atoms with Crippen LogP contribution in [0.4, 0.5) is 0 Å². The second-order valence-corrected chi connectivity index (χ2v) is 5.25. The van der Waals surface area contributed by atoms with E-state index in [1.807, 2.05) is 48.5 Å². The van der Waals surface area contributed by atoms with Crippen LogP contribution < -0.4 is 5.32 Å². The van der Waals surface area contributed by atoms with E-state index in [2.05, 4.69) is 15.3 Å². The van der Waals surface area contributed by atoms with Crippen LogP contribution in [0.3, 0.4) is 0 Å². The molecule has 0 aliphatic carbocycles. The van der Waals surface area contributed by atoms with Crippen LogP contribution in [0.5, 0.6) is 0 Å². The summed E-state index contributed by atoms with van der Waals surface area (Å²) in [6.45, 7) is 0.409. The van der Waals surface area contributed by atoms with Gasteiger partial charge < -0.3 is 5.32 Å². The van der Waals surface area contributed by atoms with Gasteiger partial charge in [0.15, 0.2) is 0 Å². The van der Waals surface area contributed by atoms with E-state index in [1.54, 1.807) is 11.7 Å². The van der Waals surface area contributed by atoms with Crippen molar-refractivity contribution in [3.8, 4) is 11.3 Å². The van der Waals surface area contributed by atoms with Crippen molar-refractivity contribution >= 4 is 17.2 Å². The third kappa shape index (κ3) is 3.14. The van der Waals surface area contributed by atoms with Gasteiger partial charge in [-0.1, -0.05) is 36.4 Å². The van der Waals surface area contributed by atoms with Crippen LogP contribution in [0.2, 0.25) is 0 Å². The third-order valence-corrected chi connectivity index (χ3v) is 3.80. The predicted octanol–water partition coefficient (Wildman–Crippen LogP) is 3.14. The Labute approximate surface area is 126 Å². The summed E-state index contributed by atoms with van der Waals surface area (Å²) < 4.78 is 0. The molecule has 4 nitrogen and oxygen atoms in total. The summed E-state index contributed by atoms with van der Waals surface area (Å²) >= 11 is 1.34. The monoisotopic (exact) mass is 295 g/mol. The Hall–Kier alpha value is -2.53. The number of hydrogen-bond acceptors (Lipinski definition) is 4. The maximum absolute atomic E-state index is 12.3. The molecule has 0 saturated heterocycles. The highest BCUT2D eigenvalue weighted by atomic mass is 32.1. The molecular weight excluding hydrogens is 282 g/mol. The maximum atomic E-state index is 12.3. The molecule has 2 heterocycles. The number of aromatic nitrogens is 2. The summed E-state index contributed by atoms with van der Waals surface area (Å²) in [7, 11) is 0. The van der Waals surface area contributed by atoms with E-state index >= 15 is 0 Å². The summed E-state index contributed by atoms with van der Waals surface area (Å²) in [6, 6.07) is 15.3.